The number of hydrogen-bond acceptors (Lipinski definition) is 3. The Balaban J connectivity index is 1.64. The van der Waals surface area contributed by atoms with Crippen molar-refractivity contribution < 1.29 is 17.6 Å². The van der Waals surface area contributed by atoms with Gasteiger partial charge in [0.15, 0.2) is 0 Å². The summed E-state index contributed by atoms with van der Waals surface area (Å²) in [4.78, 5) is 14.2. The van der Waals surface area contributed by atoms with E-state index in [1.807, 2.05) is 12.1 Å². The molecule has 0 unspecified atom stereocenters. The van der Waals surface area contributed by atoms with Crippen molar-refractivity contribution in [3.63, 3.8) is 0 Å². The predicted molar refractivity (Wildman–Crippen MR) is 99.4 cm³/mol. The number of nitrogens with zero attached hydrogens (tertiary/aromatic N) is 1. The molecule has 3 rings (SSSR count). The van der Waals surface area contributed by atoms with Crippen LogP contribution in [0.1, 0.15) is 44.1 Å². The van der Waals surface area contributed by atoms with Gasteiger partial charge in [-0.1, -0.05) is 31.0 Å². The molecule has 1 saturated heterocycles. The van der Waals surface area contributed by atoms with Gasteiger partial charge in [-0.2, -0.15) is 0 Å². The molecule has 0 radical (unpaired) electrons. The quantitative estimate of drug-likeness (QED) is 0.871. The lowest BCUT2D eigenvalue weighted by Crippen LogP contribution is -2.49. The lowest BCUT2D eigenvalue weighted by atomic mass is 9.78. The summed E-state index contributed by atoms with van der Waals surface area (Å²) in [5.41, 5.74) is 0.335. The summed E-state index contributed by atoms with van der Waals surface area (Å²) in [6, 6.07) is 6.55. The van der Waals surface area contributed by atoms with Gasteiger partial charge in [0.1, 0.15) is 15.7 Å². The highest BCUT2D eigenvalue weighted by Gasteiger charge is 2.38. The molecular formula is C19H27FN2O3S. The number of urea groups is 1. The zero-order chi connectivity index (χ0) is 18.8. The molecule has 2 aliphatic rings. The van der Waals surface area contributed by atoms with Crippen molar-refractivity contribution in [3.05, 3.63) is 35.6 Å². The van der Waals surface area contributed by atoms with Gasteiger partial charge in [-0.05, 0) is 37.3 Å². The first-order chi connectivity index (χ1) is 12.3. The summed E-state index contributed by atoms with van der Waals surface area (Å²) in [5.74, 6) is 0.0533. The molecule has 2 fully saturated rings. The van der Waals surface area contributed by atoms with Crippen molar-refractivity contribution >= 4 is 15.9 Å². The second-order valence-electron chi connectivity index (χ2n) is 7.62. The van der Waals surface area contributed by atoms with Crippen molar-refractivity contribution in [2.75, 3.05) is 25.1 Å². The van der Waals surface area contributed by atoms with Crippen LogP contribution >= 0.6 is 0 Å². The van der Waals surface area contributed by atoms with Crippen LogP contribution in [-0.2, 0) is 15.3 Å². The predicted octanol–water partition coefficient (Wildman–Crippen LogP) is 2.86. The molecule has 2 amide bonds. The van der Waals surface area contributed by atoms with E-state index in [9.17, 15) is 17.6 Å². The number of benzene rings is 1. The molecule has 1 saturated carbocycles. The van der Waals surface area contributed by atoms with Crippen LogP contribution in [0.25, 0.3) is 0 Å². The maximum atomic E-state index is 14.4. The van der Waals surface area contributed by atoms with Crippen LogP contribution in [0.2, 0.25) is 0 Å². The summed E-state index contributed by atoms with van der Waals surface area (Å²) in [6.45, 7) is 0.405. The molecule has 1 heterocycles. The molecule has 5 nitrogen and oxygen atoms in total. The van der Waals surface area contributed by atoms with E-state index in [0.717, 1.165) is 25.7 Å². The number of nitrogens with one attached hydrogen (secondary N) is 1. The third-order valence-electron chi connectivity index (χ3n) is 5.98. The number of carbonyl (C=O) groups is 1. The Morgan fingerprint density at radius 3 is 2.46 bits per heavy atom. The minimum atomic E-state index is -2.95. The van der Waals surface area contributed by atoms with Crippen molar-refractivity contribution in [3.8, 4) is 0 Å². The van der Waals surface area contributed by atoms with Crippen LogP contribution in [-0.4, -0.2) is 50.5 Å². The van der Waals surface area contributed by atoms with Gasteiger partial charge in [0.05, 0.1) is 11.5 Å². The SMILES string of the molecule is CN(C(=O)NCC1(c2ccccc2F)CCCC1)C1CCS(=O)(=O)CC1. The average Bonchev–Trinajstić information content (AvgIpc) is 3.09. The normalized spacial score (nSPS) is 22.1. The Kier molecular flexibility index (Phi) is 5.55. The van der Waals surface area contributed by atoms with Gasteiger partial charge in [-0.15, -0.1) is 0 Å². The fourth-order valence-corrected chi connectivity index (χ4v) is 5.75. The number of halogens is 1. The number of sulfone groups is 1. The Labute approximate surface area is 154 Å². The van der Waals surface area contributed by atoms with Gasteiger partial charge in [0.2, 0.25) is 0 Å². The molecule has 7 heteroatoms. The summed E-state index contributed by atoms with van der Waals surface area (Å²) in [7, 11) is -1.24. The Hall–Kier alpha value is -1.63. The number of carbonyl (C=O) groups excluding carboxylic acids is 1. The number of hydrogen-bond donors (Lipinski definition) is 1. The lowest BCUT2D eigenvalue weighted by molar-refractivity contribution is 0.182. The molecule has 1 aromatic rings. The van der Waals surface area contributed by atoms with Gasteiger partial charge in [-0.25, -0.2) is 17.6 Å². The first-order valence-electron chi connectivity index (χ1n) is 9.29. The molecule has 0 aromatic heterocycles. The van der Waals surface area contributed by atoms with E-state index < -0.39 is 9.84 Å². The zero-order valence-electron chi connectivity index (χ0n) is 15.2. The van der Waals surface area contributed by atoms with Crippen molar-refractivity contribution in [2.45, 2.75) is 50.0 Å². The van der Waals surface area contributed by atoms with Crippen LogP contribution < -0.4 is 5.32 Å². The van der Waals surface area contributed by atoms with E-state index in [0.29, 0.717) is 24.9 Å². The second kappa shape index (κ2) is 7.55. The summed E-state index contributed by atoms with van der Waals surface area (Å²) < 4.78 is 37.5. The standard InChI is InChI=1S/C19H27FN2O3S/c1-22(15-8-12-26(24,25)13-9-15)18(23)21-14-19(10-4-5-11-19)16-6-2-3-7-17(16)20/h2-3,6-7,15H,4-5,8-14H2,1H3,(H,21,23). The third kappa shape index (κ3) is 4.03. The smallest absolute Gasteiger partial charge is 0.317 e. The Morgan fingerprint density at radius 2 is 1.85 bits per heavy atom. The minimum Gasteiger partial charge on any atom is -0.337 e. The number of rotatable bonds is 4. The molecule has 144 valence electrons. The van der Waals surface area contributed by atoms with E-state index in [-0.39, 0.29) is 34.8 Å². The molecule has 26 heavy (non-hydrogen) atoms. The highest BCUT2D eigenvalue weighted by atomic mass is 32.2. The van der Waals surface area contributed by atoms with E-state index in [2.05, 4.69) is 5.32 Å². The first kappa shape index (κ1) is 19.1. The third-order valence-corrected chi connectivity index (χ3v) is 7.69. The second-order valence-corrected chi connectivity index (χ2v) is 9.92. The highest BCUT2D eigenvalue weighted by Crippen LogP contribution is 2.41. The topological polar surface area (TPSA) is 66.5 Å². The van der Waals surface area contributed by atoms with Gasteiger partial charge in [0.25, 0.3) is 0 Å². The average molecular weight is 383 g/mol. The van der Waals surface area contributed by atoms with Crippen LogP contribution in [0.4, 0.5) is 9.18 Å². The van der Waals surface area contributed by atoms with Crippen LogP contribution in [0.15, 0.2) is 24.3 Å². The molecule has 0 atom stereocenters. The van der Waals surface area contributed by atoms with Crippen molar-refractivity contribution in [2.24, 2.45) is 0 Å². The molecule has 1 aliphatic carbocycles. The van der Waals surface area contributed by atoms with E-state index in [4.69, 9.17) is 0 Å². The summed E-state index contributed by atoms with van der Waals surface area (Å²) in [6.07, 6.45) is 4.73. The van der Waals surface area contributed by atoms with Gasteiger partial charge >= 0.3 is 6.03 Å². The molecular weight excluding hydrogens is 355 g/mol. The molecule has 1 aromatic carbocycles. The largest absolute Gasteiger partial charge is 0.337 e. The minimum absolute atomic E-state index is 0.0634. The van der Waals surface area contributed by atoms with E-state index in [1.54, 1.807) is 18.0 Å². The van der Waals surface area contributed by atoms with E-state index >= 15 is 0 Å². The Bertz CT molecular complexity index is 746. The van der Waals surface area contributed by atoms with Gasteiger partial charge < -0.3 is 10.2 Å². The number of amides is 2. The van der Waals surface area contributed by atoms with E-state index in [1.165, 1.54) is 6.07 Å². The molecule has 0 bridgehead atoms. The molecule has 1 aliphatic heterocycles. The van der Waals surface area contributed by atoms with Gasteiger partial charge in [0, 0.05) is 25.0 Å². The first-order valence-corrected chi connectivity index (χ1v) is 11.1. The van der Waals surface area contributed by atoms with Crippen molar-refractivity contribution in [1.82, 2.24) is 10.2 Å². The summed E-state index contributed by atoms with van der Waals surface area (Å²) >= 11 is 0. The zero-order valence-corrected chi connectivity index (χ0v) is 16.0. The fourth-order valence-electron chi connectivity index (χ4n) is 4.28. The Morgan fingerprint density at radius 1 is 1.23 bits per heavy atom. The maximum absolute atomic E-state index is 14.4. The fraction of sp³-hybridized carbons (Fsp3) is 0.632. The molecule has 0 spiro atoms. The van der Waals surface area contributed by atoms with Crippen LogP contribution in [0, 0.1) is 5.82 Å². The van der Waals surface area contributed by atoms with Crippen LogP contribution in [0.5, 0.6) is 0 Å². The lowest BCUT2D eigenvalue weighted by Gasteiger charge is -2.34. The summed E-state index contributed by atoms with van der Waals surface area (Å²) in [5, 5.41) is 2.98. The highest BCUT2D eigenvalue weighted by molar-refractivity contribution is 7.91. The maximum Gasteiger partial charge on any atom is 0.317 e. The van der Waals surface area contributed by atoms with Gasteiger partial charge in [-0.3, -0.25) is 0 Å². The molecule has 1 N–H and O–H groups in total. The monoisotopic (exact) mass is 382 g/mol. The van der Waals surface area contributed by atoms with Crippen LogP contribution in [0.3, 0.4) is 0 Å². The van der Waals surface area contributed by atoms with Crippen molar-refractivity contribution in [1.29, 1.82) is 0 Å².